The quantitative estimate of drug-likeness (QED) is 0.710. The highest BCUT2D eigenvalue weighted by molar-refractivity contribution is 5.80. The van der Waals surface area contributed by atoms with Gasteiger partial charge in [0, 0.05) is 70.9 Å². The monoisotopic (exact) mass is 438 g/mol. The zero-order chi connectivity index (χ0) is 21.8. The van der Waals surface area contributed by atoms with Crippen LogP contribution >= 0.6 is 0 Å². The summed E-state index contributed by atoms with van der Waals surface area (Å²) < 4.78 is 7.69. The number of hydrogen-bond acceptors (Lipinski definition) is 6. The van der Waals surface area contributed by atoms with Crippen molar-refractivity contribution >= 4 is 11.6 Å². The number of benzene rings is 1. The Bertz CT molecular complexity index is 900. The average molecular weight is 439 g/mol. The molecule has 4 heterocycles. The van der Waals surface area contributed by atoms with Gasteiger partial charge in [-0.1, -0.05) is 12.1 Å². The Morgan fingerprint density at radius 2 is 1.88 bits per heavy atom. The van der Waals surface area contributed by atoms with Gasteiger partial charge in [-0.25, -0.2) is 0 Å². The standard InChI is InChI=1S/C24H34N6O2/c31-24(21-4-3-17-32-21)25-11-9-22-26-27-23-10-14-28(15-16-30(22)23)18-19-5-7-20(8-6-19)29-12-1-2-13-29/h5-8,21H,1-4,9-18H2,(H,25,31). The van der Waals surface area contributed by atoms with Crippen molar-refractivity contribution in [1.82, 2.24) is 25.0 Å². The minimum absolute atomic E-state index is 0.0000278. The fraction of sp³-hybridized carbons (Fsp3) is 0.625. The van der Waals surface area contributed by atoms with Gasteiger partial charge in [0.25, 0.3) is 0 Å². The molecule has 3 aliphatic rings. The first-order chi connectivity index (χ1) is 15.8. The van der Waals surface area contributed by atoms with Gasteiger partial charge in [-0.15, -0.1) is 10.2 Å². The number of nitrogens with zero attached hydrogens (tertiary/aromatic N) is 5. The number of ether oxygens (including phenoxy) is 1. The van der Waals surface area contributed by atoms with Crippen LogP contribution in [0.15, 0.2) is 24.3 Å². The SMILES string of the molecule is O=C(NCCc1nnc2n1CCN(Cc1ccc(N3CCCC3)cc1)CC2)C1CCCO1. The van der Waals surface area contributed by atoms with E-state index >= 15 is 0 Å². The van der Waals surface area contributed by atoms with Crippen LogP contribution < -0.4 is 10.2 Å². The predicted molar refractivity (Wildman–Crippen MR) is 123 cm³/mol. The molecule has 0 aliphatic carbocycles. The molecule has 0 spiro atoms. The smallest absolute Gasteiger partial charge is 0.249 e. The van der Waals surface area contributed by atoms with E-state index < -0.39 is 0 Å². The lowest BCUT2D eigenvalue weighted by Crippen LogP contribution is -2.35. The molecule has 3 aliphatic heterocycles. The van der Waals surface area contributed by atoms with E-state index in [1.54, 1.807) is 0 Å². The van der Waals surface area contributed by atoms with Crippen molar-refractivity contribution in [2.45, 2.75) is 57.7 Å². The van der Waals surface area contributed by atoms with Crippen molar-refractivity contribution in [2.24, 2.45) is 0 Å². The van der Waals surface area contributed by atoms with Gasteiger partial charge < -0.3 is 19.5 Å². The van der Waals surface area contributed by atoms with Crippen LogP contribution in [-0.4, -0.2) is 71.0 Å². The van der Waals surface area contributed by atoms with Crippen LogP contribution in [0.1, 0.15) is 42.9 Å². The number of fused-ring (bicyclic) bond motifs is 1. The topological polar surface area (TPSA) is 75.5 Å². The van der Waals surface area contributed by atoms with Gasteiger partial charge in [-0.05, 0) is 43.4 Å². The molecule has 2 fully saturated rings. The maximum atomic E-state index is 12.1. The first-order valence-corrected chi connectivity index (χ1v) is 12.1. The molecule has 2 aromatic rings. The molecule has 0 radical (unpaired) electrons. The van der Waals surface area contributed by atoms with E-state index in [0.717, 1.165) is 57.1 Å². The number of amides is 1. The summed E-state index contributed by atoms with van der Waals surface area (Å²) in [5, 5.41) is 11.8. The molecule has 1 aromatic carbocycles. The normalized spacial score (nSPS) is 21.5. The summed E-state index contributed by atoms with van der Waals surface area (Å²) in [6.45, 7) is 7.46. The number of carbonyl (C=O) groups excluding carboxylic acids is 1. The molecule has 2 saturated heterocycles. The minimum atomic E-state index is -0.275. The number of anilines is 1. The number of nitrogens with one attached hydrogen (secondary N) is 1. The number of aromatic nitrogens is 3. The van der Waals surface area contributed by atoms with E-state index in [9.17, 15) is 4.79 Å². The molecular formula is C24H34N6O2. The van der Waals surface area contributed by atoms with E-state index in [-0.39, 0.29) is 12.0 Å². The Hall–Kier alpha value is -2.45. The molecule has 0 saturated carbocycles. The molecule has 172 valence electrons. The summed E-state index contributed by atoms with van der Waals surface area (Å²) in [7, 11) is 0. The van der Waals surface area contributed by atoms with Crippen LogP contribution in [0.3, 0.4) is 0 Å². The van der Waals surface area contributed by atoms with E-state index in [0.29, 0.717) is 19.6 Å². The zero-order valence-corrected chi connectivity index (χ0v) is 18.8. The van der Waals surface area contributed by atoms with Crippen molar-refractivity contribution in [2.75, 3.05) is 44.2 Å². The Morgan fingerprint density at radius 3 is 2.66 bits per heavy atom. The first-order valence-electron chi connectivity index (χ1n) is 12.1. The minimum Gasteiger partial charge on any atom is -0.372 e. The third-order valence-electron chi connectivity index (χ3n) is 6.88. The van der Waals surface area contributed by atoms with Gasteiger partial charge in [0.15, 0.2) is 0 Å². The number of carbonyl (C=O) groups is 1. The van der Waals surface area contributed by atoms with Crippen LogP contribution in [0.25, 0.3) is 0 Å². The molecule has 8 nitrogen and oxygen atoms in total. The van der Waals surface area contributed by atoms with Crippen molar-refractivity contribution < 1.29 is 9.53 Å². The van der Waals surface area contributed by atoms with Crippen molar-refractivity contribution in [1.29, 1.82) is 0 Å². The van der Waals surface area contributed by atoms with Crippen molar-refractivity contribution in [3.63, 3.8) is 0 Å². The Labute approximate surface area is 189 Å². The van der Waals surface area contributed by atoms with E-state index in [4.69, 9.17) is 4.74 Å². The third kappa shape index (κ3) is 4.96. The molecule has 1 unspecified atom stereocenters. The van der Waals surface area contributed by atoms with Gasteiger partial charge in [-0.3, -0.25) is 9.69 Å². The van der Waals surface area contributed by atoms with Gasteiger partial charge in [0.1, 0.15) is 17.8 Å². The average Bonchev–Trinajstić information content (AvgIpc) is 3.57. The van der Waals surface area contributed by atoms with Crippen LogP contribution in [0.2, 0.25) is 0 Å². The van der Waals surface area contributed by atoms with Crippen molar-refractivity contribution in [3.05, 3.63) is 41.5 Å². The summed E-state index contributed by atoms with van der Waals surface area (Å²) in [6.07, 6.45) is 5.73. The fourth-order valence-corrected chi connectivity index (χ4v) is 5.01. The molecule has 32 heavy (non-hydrogen) atoms. The lowest BCUT2D eigenvalue weighted by atomic mass is 10.2. The van der Waals surface area contributed by atoms with Crippen LogP contribution in [0.5, 0.6) is 0 Å². The molecule has 1 aromatic heterocycles. The number of rotatable bonds is 7. The Morgan fingerprint density at radius 1 is 1.03 bits per heavy atom. The maximum Gasteiger partial charge on any atom is 0.249 e. The molecule has 0 bridgehead atoms. The Balaban J connectivity index is 1.12. The molecule has 5 rings (SSSR count). The largest absolute Gasteiger partial charge is 0.372 e. The summed E-state index contributed by atoms with van der Waals surface area (Å²) in [5.74, 6) is 2.02. The van der Waals surface area contributed by atoms with Gasteiger partial charge in [-0.2, -0.15) is 0 Å². The summed E-state index contributed by atoms with van der Waals surface area (Å²) in [5.41, 5.74) is 2.72. The highest BCUT2D eigenvalue weighted by Gasteiger charge is 2.24. The van der Waals surface area contributed by atoms with Crippen LogP contribution in [0.4, 0.5) is 5.69 Å². The van der Waals surface area contributed by atoms with E-state index in [1.807, 2.05) is 0 Å². The summed E-state index contributed by atoms with van der Waals surface area (Å²) >= 11 is 0. The van der Waals surface area contributed by atoms with Crippen molar-refractivity contribution in [3.8, 4) is 0 Å². The second kappa shape index (κ2) is 10.0. The fourth-order valence-electron chi connectivity index (χ4n) is 5.01. The second-order valence-electron chi connectivity index (χ2n) is 9.11. The third-order valence-corrected chi connectivity index (χ3v) is 6.88. The van der Waals surface area contributed by atoms with E-state index in [2.05, 4.69) is 54.1 Å². The number of hydrogen-bond donors (Lipinski definition) is 1. The van der Waals surface area contributed by atoms with Crippen LogP contribution in [0, 0.1) is 0 Å². The predicted octanol–water partition coefficient (Wildman–Crippen LogP) is 1.77. The van der Waals surface area contributed by atoms with Gasteiger partial charge in [0.2, 0.25) is 5.91 Å². The highest BCUT2D eigenvalue weighted by Crippen LogP contribution is 2.21. The molecule has 1 N–H and O–H groups in total. The first kappa shape index (κ1) is 21.4. The molecule has 1 atom stereocenters. The lowest BCUT2D eigenvalue weighted by molar-refractivity contribution is -0.130. The second-order valence-corrected chi connectivity index (χ2v) is 9.11. The van der Waals surface area contributed by atoms with Crippen LogP contribution in [-0.2, 0) is 35.5 Å². The molecule has 1 amide bonds. The summed E-state index contributed by atoms with van der Waals surface area (Å²) in [6, 6.07) is 9.11. The van der Waals surface area contributed by atoms with E-state index in [1.165, 1.54) is 37.2 Å². The summed E-state index contributed by atoms with van der Waals surface area (Å²) in [4.78, 5) is 17.1. The van der Waals surface area contributed by atoms with Gasteiger partial charge >= 0.3 is 0 Å². The Kier molecular flexibility index (Phi) is 6.69. The lowest BCUT2D eigenvalue weighted by Gasteiger charge is -2.21. The zero-order valence-electron chi connectivity index (χ0n) is 18.8. The molecule has 8 heteroatoms. The molecular weight excluding hydrogens is 404 g/mol. The van der Waals surface area contributed by atoms with Gasteiger partial charge in [0.05, 0.1) is 0 Å². The maximum absolute atomic E-state index is 12.1. The highest BCUT2D eigenvalue weighted by atomic mass is 16.5.